The molecule has 3 rings (SSSR count). The summed E-state index contributed by atoms with van der Waals surface area (Å²) < 4.78 is 66.1. The number of rotatable bonds is 8. The molecule has 0 fully saturated rings. The molecule has 0 atom stereocenters. The molecular formula is C25H23F4N3O3S. The second kappa shape index (κ2) is 12.3. The summed E-state index contributed by atoms with van der Waals surface area (Å²) in [6.07, 6.45) is 0. The number of aliphatic imine (C=N–C) groups is 1. The lowest BCUT2D eigenvalue weighted by Crippen LogP contribution is -2.37. The van der Waals surface area contributed by atoms with Crippen LogP contribution in [0.4, 0.5) is 28.9 Å². The van der Waals surface area contributed by atoms with Crippen LogP contribution in [0.3, 0.4) is 0 Å². The number of carbonyl (C=O) groups excluding carboxylic acids is 1. The van der Waals surface area contributed by atoms with Gasteiger partial charge in [-0.25, -0.2) is 22.6 Å². The number of amidine groups is 1. The Morgan fingerprint density at radius 3 is 2.28 bits per heavy atom. The van der Waals surface area contributed by atoms with Gasteiger partial charge in [0.1, 0.15) is 23.1 Å². The van der Waals surface area contributed by atoms with E-state index in [0.717, 1.165) is 36.0 Å². The molecule has 0 aliphatic carbocycles. The van der Waals surface area contributed by atoms with Crippen molar-refractivity contribution in [1.82, 2.24) is 5.32 Å². The fraction of sp³-hybridized carbons (Fsp3) is 0.200. The maximum Gasteiger partial charge on any atom is 0.246 e. The van der Waals surface area contributed by atoms with Crippen LogP contribution in [-0.4, -0.2) is 38.9 Å². The largest absolute Gasteiger partial charge is 0.493 e. The first kappa shape index (κ1) is 26.9. The number of benzene rings is 3. The van der Waals surface area contributed by atoms with Crippen molar-refractivity contribution in [2.24, 2.45) is 4.99 Å². The first-order valence-corrected chi connectivity index (χ1v) is 11.5. The first-order chi connectivity index (χ1) is 17.2. The summed E-state index contributed by atoms with van der Waals surface area (Å²) in [6, 6.07) is 11.2. The lowest BCUT2D eigenvalue weighted by molar-refractivity contribution is -0.117. The number of anilines is 1. The highest BCUT2D eigenvalue weighted by molar-refractivity contribution is 8.13. The minimum atomic E-state index is -0.930. The van der Waals surface area contributed by atoms with E-state index in [9.17, 15) is 22.4 Å². The van der Waals surface area contributed by atoms with E-state index in [2.05, 4.69) is 10.3 Å². The molecule has 0 spiro atoms. The maximum atomic E-state index is 14.2. The number of nitrogens with one attached hydrogen (secondary N) is 1. The van der Waals surface area contributed by atoms with Crippen molar-refractivity contribution in [3.05, 3.63) is 83.4 Å². The molecule has 0 radical (unpaired) electrons. The van der Waals surface area contributed by atoms with Crippen LogP contribution in [0.2, 0.25) is 0 Å². The van der Waals surface area contributed by atoms with Crippen LogP contribution in [0, 0.1) is 23.3 Å². The van der Waals surface area contributed by atoms with Crippen molar-refractivity contribution in [3.63, 3.8) is 0 Å². The molecule has 0 unspecified atom stereocenters. The molecule has 0 bridgehead atoms. The molecule has 1 N–H and O–H groups in total. The standard InChI is InChI=1S/C25H23F4N3O3S/c1-32(16-8-10-22(34-2)23(12-16)35-3)24(33)13-30-25(31-21-9-7-15(26)11-20(21)29)36-14-17-18(27)5-4-6-19(17)28/h4-12H,13-14H2,1-3H3,(H,30,31). The highest BCUT2D eigenvalue weighted by Crippen LogP contribution is 2.31. The van der Waals surface area contributed by atoms with Gasteiger partial charge in [-0.2, -0.15) is 0 Å². The third-order valence-corrected chi connectivity index (χ3v) is 6.01. The SMILES string of the molecule is COc1ccc(N(C)C(=O)CNC(=Nc2ccc(F)cc2F)SCc2c(F)cccc2F)cc1OC. The molecular weight excluding hydrogens is 498 g/mol. The summed E-state index contributed by atoms with van der Waals surface area (Å²) in [5.74, 6) is -2.88. The zero-order chi connectivity index (χ0) is 26.2. The highest BCUT2D eigenvalue weighted by atomic mass is 32.2. The van der Waals surface area contributed by atoms with Gasteiger partial charge in [0.25, 0.3) is 0 Å². The summed E-state index contributed by atoms with van der Waals surface area (Å²) in [4.78, 5) is 18.3. The third-order valence-electron chi connectivity index (χ3n) is 5.07. The topological polar surface area (TPSA) is 63.2 Å². The van der Waals surface area contributed by atoms with E-state index in [0.29, 0.717) is 23.3 Å². The minimum absolute atomic E-state index is 0.0113. The van der Waals surface area contributed by atoms with Gasteiger partial charge in [-0.1, -0.05) is 17.8 Å². The number of amides is 1. The average molecular weight is 522 g/mol. The molecule has 0 heterocycles. The summed E-state index contributed by atoms with van der Waals surface area (Å²) in [6.45, 7) is -0.279. The van der Waals surface area contributed by atoms with E-state index in [-0.39, 0.29) is 28.7 Å². The predicted octanol–water partition coefficient (Wildman–Crippen LogP) is 5.43. The summed E-state index contributed by atoms with van der Waals surface area (Å²) in [7, 11) is 4.51. The molecule has 1 amide bonds. The molecule has 3 aromatic rings. The Kier molecular flexibility index (Phi) is 9.18. The number of carbonyl (C=O) groups is 1. The molecule has 0 saturated carbocycles. The van der Waals surface area contributed by atoms with Gasteiger partial charge in [-0.3, -0.25) is 4.79 Å². The Hall–Kier alpha value is -3.73. The van der Waals surface area contributed by atoms with Gasteiger partial charge in [0, 0.05) is 36.2 Å². The second-order valence-electron chi connectivity index (χ2n) is 7.35. The summed E-state index contributed by atoms with van der Waals surface area (Å²) in [5.41, 5.74) is 0.107. The van der Waals surface area contributed by atoms with Crippen LogP contribution in [0.15, 0.2) is 59.6 Å². The monoisotopic (exact) mass is 521 g/mol. The number of hydrogen-bond acceptors (Lipinski definition) is 5. The fourth-order valence-electron chi connectivity index (χ4n) is 3.06. The van der Waals surface area contributed by atoms with Crippen LogP contribution in [0.1, 0.15) is 5.56 Å². The van der Waals surface area contributed by atoms with E-state index < -0.39 is 29.2 Å². The van der Waals surface area contributed by atoms with E-state index in [1.165, 1.54) is 25.2 Å². The number of hydrogen-bond donors (Lipinski definition) is 1. The number of nitrogens with zero attached hydrogens (tertiary/aromatic N) is 2. The third kappa shape index (κ3) is 6.69. The van der Waals surface area contributed by atoms with Crippen molar-refractivity contribution >= 4 is 34.2 Å². The number of halogens is 4. The zero-order valence-corrected chi connectivity index (χ0v) is 20.5. The fourth-order valence-corrected chi connectivity index (χ4v) is 3.96. The Labute approximate surface area is 209 Å². The van der Waals surface area contributed by atoms with E-state index in [1.54, 1.807) is 25.2 Å². The normalized spacial score (nSPS) is 11.2. The van der Waals surface area contributed by atoms with Gasteiger partial charge in [-0.15, -0.1) is 0 Å². The van der Waals surface area contributed by atoms with Gasteiger partial charge in [0.15, 0.2) is 22.5 Å². The zero-order valence-electron chi connectivity index (χ0n) is 19.6. The smallest absolute Gasteiger partial charge is 0.246 e. The summed E-state index contributed by atoms with van der Waals surface area (Å²) >= 11 is 0.862. The predicted molar refractivity (Wildman–Crippen MR) is 132 cm³/mol. The van der Waals surface area contributed by atoms with E-state index >= 15 is 0 Å². The molecule has 11 heteroatoms. The number of methoxy groups -OCH3 is 2. The molecule has 3 aromatic carbocycles. The van der Waals surface area contributed by atoms with Gasteiger partial charge in [0.05, 0.1) is 20.8 Å². The molecule has 6 nitrogen and oxygen atoms in total. The van der Waals surface area contributed by atoms with Gasteiger partial charge in [-0.05, 0) is 36.4 Å². The Morgan fingerprint density at radius 1 is 0.944 bits per heavy atom. The number of ether oxygens (including phenoxy) is 2. The highest BCUT2D eigenvalue weighted by Gasteiger charge is 2.16. The second-order valence-corrected chi connectivity index (χ2v) is 8.31. The summed E-state index contributed by atoms with van der Waals surface area (Å²) in [5, 5.41) is 2.79. The number of thioether (sulfide) groups is 1. The maximum absolute atomic E-state index is 14.2. The Bertz CT molecular complexity index is 1250. The Morgan fingerprint density at radius 2 is 1.64 bits per heavy atom. The lowest BCUT2D eigenvalue weighted by Gasteiger charge is -2.20. The van der Waals surface area contributed by atoms with Crippen molar-refractivity contribution in [3.8, 4) is 11.5 Å². The van der Waals surface area contributed by atoms with Crippen LogP contribution >= 0.6 is 11.8 Å². The van der Waals surface area contributed by atoms with Gasteiger partial charge >= 0.3 is 0 Å². The van der Waals surface area contributed by atoms with Crippen LogP contribution in [0.5, 0.6) is 11.5 Å². The molecule has 0 saturated heterocycles. The number of likely N-dealkylation sites (N-methyl/N-ethyl adjacent to an activating group) is 1. The van der Waals surface area contributed by atoms with E-state index in [4.69, 9.17) is 9.47 Å². The van der Waals surface area contributed by atoms with Crippen molar-refractivity contribution in [2.45, 2.75) is 5.75 Å². The van der Waals surface area contributed by atoms with Crippen LogP contribution in [-0.2, 0) is 10.5 Å². The molecule has 0 aromatic heterocycles. The van der Waals surface area contributed by atoms with Gasteiger partial charge < -0.3 is 19.7 Å². The van der Waals surface area contributed by atoms with Crippen LogP contribution in [0.25, 0.3) is 0 Å². The molecule has 190 valence electrons. The average Bonchev–Trinajstić information content (AvgIpc) is 2.87. The molecule has 0 aliphatic heterocycles. The minimum Gasteiger partial charge on any atom is -0.493 e. The van der Waals surface area contributed by atoms with Gasteiger partial charge in [0.2, 0.25) is 5.91 Å². The van der Waals surface area contributed by atoms with Crippen molar-refractivity contribution in [1.29, 1.82) is 0 Å². The quantitative estimate of drug-likeness (QED) is 0.243. The van der Waals surface area contributed by atoms with Crippen molar-refractivity contribution in [2.75, 3.05) is 32.7 Å². The lowest BCUT2D eigenvalue weighted by atomic mass is 10.2. The van der Waals surface area contributed by atoms with Crippen LogP contribution < -0.4 is 19.7 Å². The molecule has 0 aliphatic rings. The van der Waals surface area contributed by atoms with E-state index in [1.807, 2.05) is 0 Å². The Balaban J connectivity index is 1.79. The van der Waals surface area contributed by atoms with Crippen molar-refractivity contribution < 1.29 is 31.8 Å². The first-order valence-electron chi connectivity index (χ1n) is 10.5. The molecule has 36 heavy (non-hydrogen) atoms.